The van der Waals surface area contributed by atoms with E-state index in [2.05, 4.69) is 15.3 Å². The van der Waals surface area contributed by atoms with Crippen LogP contribution in [-0.2, 0) is 12.6 Å². The Balaban J connectivity index is 1.97. The number of nitrogens with zero attached hydrogens (tertiary/aromatic N) is 3. The number of benzene rings is 2. The second kappa shape index (κ2) is 7.84. The van der Waals surface area contributed by atoms with Crippen LogP contribution < -0.4 is 10.2 Å². The van der Waals surface area contributed by atoms with Gasteiger partial charge in [0.2, 0.25) is 5.95 Å². The highest BCUT2D eigenvalue weighted by atomic mass is 19.4. The maximum atomic E-state index is 13.4. The van der Waals surface area contributed by atoms with E-state index in [-0.39, 0.29) is 11.8 Å². The van der Waals surface area contributed by atoms with Crippen molar-refractivity contribution in [2.75, 3.05) is 17.3 Å². The average Bonchev–Trinajstić information content (AvgIpc) is 2.68. The van der Waals surface area contributed by atoms with Crippen LogP contribution in [0.5, 0.6) is 0 Å². The molecule has 4 nitrogen and oxygen atoms in total. The summed E-state index contributed by atoms with van der Waals surface area (Å²) in [6.45, 7) is 2.03. The lowest BCUT2D eigenvalue weighted by Crippen LogP contribution is -2.19. The third kappa shape index (κ3) is 4.39. The quantitative estimate of drug-likeness (QED) is 0.567. The second-order valence-electron chi connectivity index (χ2n) is 6.14. The van der Waals surface area contributed by atoms with Gasteiger partial charge in [-0.15, -0.1) is 0 Å². The van der Waals surface area contributed by atoms with Crippen molar-refractivity contribution < 1.29 is 17.6 Å². The molecular formula is C20H18F4N4. The molecule has 0 amide bonds. The van der Waals surface area contributed by atoms with Crippen LogP contribution in [0.4, 0.5) is 40.7 Å². The van der Waals surface area contributed by atoms with Gasteiger partial charge >= 0.3 is 6.18 Å². The maximum Gasteiger partial charge on any atom is 0.421 e. The molecule has 1 heterocycles. The van der Waals surface area contributed by atoms with Crippen LogP contribution in [0.1, 0.15) is 18.1 Å². The molecule has 0 aliphatic heterocycles. The molecule has 1 aromatic heterocycles. The summed E-state index contributed by atoms with van der Waals surface area (Å²) in [6.07, 6.45) is -3.01. The zero-order chi connectivity index (χ0) is 20.3. The Hall–Kier alpha value is -3.16. The first-order valence-corrected chi connectivity index (χ1v) is 8.57. The minimum absolute atomic E-state index is 0.0289. The number of hydrogen-bond acceptors (Lipinski definition) is 4. The highest BCUT2D eigenvalue weighted by Gasteiger charge is 2.36. The molecule has 0 unspecified atom stereocenters. The molecule has 0 bridgehead atoms. The average molecular weight is 390 g/mol. The number of rotatable bonds is 5. The molecule has 3 aromatic rings. The Bertz CT molecular complexity index is 938. The molecule has 0 fully saturated rings. The Morgan fingerprint density at radius 2 is 1.64 bits per heavy atom. The molecule has 3 rings (SSSR count). The maximum absolute atomic E-state index is 13.4. The molecule has 0 aliphatic rings. The van der Waals surface area contributed by atoms with Gasteiger partial charge in [-0.25, -0.2) is 9.37 Å². The lowest BCUT2D eigenvalue weighted by atomic mass is 10.1. The summed E-state index contributed by atoms with van der Waals surface area (Å²) in [5.74, 6) is -0.781. The summed E-state index contributed by atoms with van der Waals surface area (Å²) in [6, 6.07) is 12.6. The van der Waals surface area contributed by atoms with E-state index in [9.17, 15) is 17.6 Å². The van der Waals surface area contributed by atoms with Crippen molar-refractivity contribution in [2.45, 2.75) is 19.5 Å². The third-order valence-electron chi connectivity index (χ3n) is 4.22. The van der Waals surface area contributed by atoms with Crippen molar-refractivity contribution in [1.82, 2.24) is 9.97 Å². The monoisotopic (exact) mass is 390 g/mol. The molecule has 1 N–H and O–H groups in total. The van der Waals surface area contributed by atoms with E-state index in [0.717, 1.165) is 18.2 Å². The van der Waals surface area contributed by atoms with Crippen LogP contribution in [0.3, 0.4) is 0 Å². The molecule has 0 spiro atoms. The molecule has 0 saturated heterocycles. The van der Waals surface area contributed by atoms with Gasteiger partial charge in [-0.05, 0) is 48.4 Å². The molecule has 0 saturated carbocycles. The molecule has 8 heteroatoms. The standard InChI is InChI=1S/C20H18F4N4/c1-3-13-4-8-15(9-5-13)26-19-25-12-17(20(22,23)24)18(27-19)28(2)16-10-6-14(21)7-11-16/h4-12H,3H2,1-2H3,(H,25,26,27). The minimum Gasteiger partial charge on any atom is -0.329 e. The molecule has 0 radical (unpaired) electrons. The summed E-state index contributed by atoms with van der Waals surface area (Å²) >= 11 is 0. The number of hydrogen-bond donors (Lipinski definition) is 1. The number of anilines is 4. The smallest absolute Gasteiger partial charge is 0.329 e. The van der Waals surface area contributed by atoms with Gasteiger partial charge in [-0.2, -0.15) is 18.2 Å². The Labute approximate surface area is 159 Å². The molecule has 0 aliphatic carbocycles. The Kier molecular flexibility index (Phi) is 5.48. The summed E-state index contributed by atoms with van der Waals surface area (Å²) in [5.41, 5.74) is 1.18. The van der Waals surface area contributed by atoms with Crippen LogP contribution >= 0.6 is 0 Å². The largest absolute Gasteiger partial charge is 0.421 e. The minimum atomic E-state index is -4.63. The SMILES string of the molecule is CCc1ccc(Nc2ncc(C(F)(F)F)c(N(C)c3ccc(F)cc3)n2)cc1. The number of aromatic nitrogens is 2. The van der Waals surface area contributed by atoms with Crippen molar-refractivity contribution in [3.05, 3.63) is 71.7 Å². The molecule has 28 heavy (non-hydrogen) atoms. The first kappa shape index (κ1) is 19.6. The van der Waals surface area contributed by atoms with Crippen LogP contribution in [-0.4, -0.2) is 17.0 Å². The van der Waals surface area contributed by atoms with E-state index in [1.165, 1.54) is 36.2 Å². The van der Waals surface area contributed by atoms with Crippen LogP contribution in [0.25, 0.3) is 0 Å². The highest BCUT2D eigenvalue weighted by molar-refractivity contribution is 5.65. The first-order chi connectivity index (χ1) is 13.3. The summed E-state index contributed by atoms with van der Waals surface area (Å²) in [4.78, 5) is 9.12. The fourth-order valence-electron chi connectivity index (χ4n) is 2.63. The molecular weight excluding hydrogens is 372 g/mol. The topological polar surface area (TPSA) is 41.1 Å². The van der Waals surface area contributed by atoms with E-state index >= 15 is 0 Å². The zero-order valence-electron chi connectivity index (χ0n) is 15.3. The van der Waals surface area contributed by atoms with Gasteiger partial charge in [0, 0.05) is 24.6 Å². The number of alkyl halides is 3. The van der Waals surface area contributed by atoms with Gasteiger partial charge in [0.25, 0.3) is 0 Å². The summed E-state index contributed by atoms with van der Waals surface area (Å²) in [7, 11) is 1.44. The first-order valence-electron chi connectivity index (χ1n) is 8.57. The summed E-state index contributed by atoms with van der Waals surface area (Å²) in [5, 5.41) is 2.91. The predicted molar refractivity (Wildman–Crippen MR) is 101 cm³/mol. The second-order valence-corrected chi connectivity index (χ2v) is 6.14. The van der Waals surface area contributed by atoms with Gasteiger partial charge in [0.05, 0.1) is 0 Å². The molecule has 146 valence electrons. The van der Waals surface area contributed by atoms with Crippen molar-refractivity contribution in [2.24, 2.45) is 0 Å². The fourth-order valence-corrected chi connectivity index (χ4v) is 2.63. The van der Waals surface area contributed by atoms with Gasteiger partial charge in [0.1, 0.15) is 11.4 Å². The highest BCUT2D eigenvalue weighted by Crippen LogP contribution is 2.37. The van der Waals surface area contributed by atoms with Crippen LogP contribution in [0.15, 0.2) is 54.7 Å². The third-order valence-corrected chi connectivity index (χ3v) is 4.22. The van der Waals surface area contributed by atoms with Gasteiger partial charge in [-0.3, -0.25) is 0 Å². The molecule has 0 atom stereocenters. The predicted octanol–water partition coefficient (Wildman–Crippen LogP) is 5.71. The van der Waals surface area contributed by atoms with Crippen molar-refractivity contribution in [1.29, 1.82) is 0 Å². The van der Waals surface area contributed by atoms with E-state index in [4.69, 9.17) is 0 Å². The van der Waals surface area contributed by atoms with Crippen LogP contribution in [0, 0.1) is 5.82 Å². The fraction of sp³-hybridized carbons (Fsp3) is 0.200. The Morgan fingerprint density at radius 1 is 1.00 bits per heavy atom. The van der Waals surface area contributed by atoms with E-state index < -0.39 is 17.6 Å². The zero-order valence-corrected chi connectivity index (χ0v) is 15.3. The van der Waals surface area contributed by atoms with E-state index in [1.54, 1.807) is 0 Å². The van der Waals surface area contributed by atoms with Crippen molar-refractivity contribution in [3.63, 3.8) is 0 Å². The Morgan fingerprint density at radius 3 is 2.21 bits per heavy atom. The molecule has 2 aromatic carbocycles. The van der Waals surface area contributed by atoms with Crippen molar-refractivity contribution >= 4 is 23.1 Å². The number of nitrogens with one attached hydrogen (secondary N) is 1. The number of aryl methyl sites for hydroxylation is 1. The van der Waals surface area contributed by atoms with Gasteiger partial charge in [0.15, 0.2) is 5.82 Å². The van der Waals surface area contributed by atoms with E-state index in [0.29, 0.717) is 11.4 Å². The van der Waals surface area contributed by atoms with Gasteiger partial charge in [-0.1, -0.05) is 19.1 Å². The lowest BCUT2D eigenvalue weighted by Gasteiger charge is -2.22. The van der Waals surface area contributed by atoms with Gasteiger partial charge < -0.3 is 10.2 Å². The summed E-state index contributed by atoms with van der Waals surface area (Å²) < 4.78 is 53.5. The van der Waals surface area contributed by atoms with E-state index in [1.807, 2.05) is 31.2 Å². The van der Waals surface area contributed by atoms with Crippen LogP contribution in [0.2, 0.25) is 0 Å². The normalized spacial score (nSPS) is 11.4. The lowest BCUT2D eigenvalue weighted by molar-refractivity contribution is -0.137. The van der Waals surface area contributed by atoms with Crippen molar-refractivity contribution in [3.8, 4) is 0 Å². The number of halogens is 4.